The standard InChI is InChI=1S/C20H23N3O2/c1-3-22(4-2)19(24)16-9-11-21-18(13-16)20(25)23-12-10-15-7-5-6-8-17(15)14-23/h5-9,11,13H,3-4,10,12,14H2,1-2H3. The number of aromatic nitrogens is 1. The molecule has 0 spiro atoms. The zero-order valence-corrected chi connectivity index (χ0v) is 14.7. The summed E-state index contributed by atoms with van der Waals surface area (Å²) in [5.41, 5.74) is 3.32. The molecule has 0 atom stereocenters. The van der Waals surface area contributed by atoms with Crippen molar-refractivity contribution in [3.05, 3.63) is 65.0 Å². The number of nitrogens with zero attached hydrogens (tertiary/aromatic N) is 3. The summed E-state index contributed by atoms with van der Waals surface area (Å²) in [6, 6.07) is 11.5. The molecule has 1 aromatic heterocycles. The van der Waals surface area contributed by atoms with Crippen LogP contribution in [0.5, 0.6) is 0 Å². The van der Waals surface area contributed by atoms with Crippen molar-refractivity contribution < 1.29 is 9.59 Å². The van der Waals surface area contributed by atoms with E-state index in [1.807, 2.05) is 26.0 Å². The highest BCUT2D eigenvalue weighted by molar-refractivity contribution is 5.98. The van der Waals surface area contributed by atoms with E-state index in [9.17, 15) is 9.59 Å². The summed E-state index contributed by atoms with van der Waals surface area (Å²) in [5.74, 6) is -0.186. The third-order valence-corrected chi connectivity index (χ3v) is 4.69. The smallest absolute Gasteiger partial charge is 0.272 e. The van der Waals surface area contributed by atoms with E-state index in [1.54, 1.807) is 28.1 Å². The quantitative estimate of drug-likeness (QED) is 0.862. The van der Waals surface area contributed by atoms with Crippen LogP contribution in [0.25, 0.3) is 0 Å². The summed E-state index contributed by atoms with van der Waals surface area (Å²) in [6.07, 6.45) is 2.39. The van der Waals surface area contributed by atoms with Gasteiger partial charge in [0.05, 0.1) is 0 Å². The molecule has 0 saturated heterocycles. The third kappa shape index (κ3) is 3.55. The first-order valence-electron chi connectivity index (χ1n) is 8.75. The Morgan fingerprint density at radius 2 is 1.84 bits per heavy atom. The van der Waals surface area contributed by atoms with Crippen LogP contribution in [0, 0.1) is 0 Å². The van der Waals surface area contributed by atoms with E-state index in [4.69, 9.17) is 0 Å². The molecule has 3 rings (SSSR count). The van der Waals surface area contributed by atoms with Gasteiger partial charge in [0.15, 0.2) is 0 Å². The normalized spacial score (nSPS) is 13.3. The Labute approximate surface area is 148 Å². The SMILES string of the molecule is CCN(CC)C(=O)c1ccnc(C(=O)N2CCc3ccccc3C2)c1. The molecule has 0 aliphatic carbocycles. The van der Waals surface area contributed by atoms with Crippen LogP contribution in [0.3, 0.4) is 0 Å². The van der Waals surface area contributed by atoms with Crippen LogP contribution in [0.4, 0.5) is 0 Å². The van der Waals surface area contributed by atoms with Crippen molar-refractivity contribution in [2.24, 2.45) is 0 Å². The van der Waals surface area contributed by atoms with Gasteiger partial charge in [-0.15, -0.1) is 0 Å². The largest absolute Gasteiger partial charge is 0.339 e. The molecule has 130 valence electrons. The Morgan fingerprint density at radius 3 is 2.56 bits per heavy atom. The lowest BCUT2D eigenvalue weighted by Crippen LogP contribution is -2.36. The molecule has 0 radical (unpaired) electrons. The van der Waals surface area contributed by atoms with Crippen molar-refractivity contribution in [2.45, 2.75) is 26.8 Å². The molecule has 2 heterocycles. The number of rotatable bonds is 4. The Kier molecular flexibility index (Phi) is 5.12. The number of fused-ring (bicyclic) bond motifs is 1. The topological polar surface area (TPSA) is 53.5 Å². The molecule has 0 N–H and O–H groups in total. The molecule has 1 aromatic carbocycles. The number of benzene rings is 1. The minimum atomic E-state index is -0.122. The van der Waals surface area contributed by atoms with Gasteiger partial charge in [-0.3, -0.25) is 14.6 Å². The molecule has 1 aliphatic rings. The van der Waals surface area contributed by atoms with Crippen molar-refractivity contribution in [2.75, 3.05) is 19.6 Å². The third-order valence-electron chi connectivity index (χ3n) is 4.69. The molecule has 0 bridgehead atoms. The highest BCUT2D eigenvalue weighted by atomic mass is 16.2. The molecular formula is C20H23N3O2. The van der Waals surface area contributed by atoms with Gasteiger partial charge in [0.1, 0.15) is 5.69 Å². The van der Waals surface area contributed by atoms with Crippen molar-refractivity contribution in [1.29, 1.82) is 0 Å². The van der Waals surface area contributed by atoms with Crippen LogP contribution in [0.1, 0.15) is 45.8 Å². The zero-order valence-electron chi connectivity index (χ0n) is 14.7. The maximum Gasteiger partial charge on any atom is 0.272 e. The summed E-state index contributed by atoms with van der Waals surface area (Å²) in [5, 5.41) is 0. The molecular weight excluding hydrogens is 314 g/mol. The van der Waals surface area contributed by atoms with Crippen LogP contribution >= 0.6 is 0 Å². The molecule has 0 unspecified atom stereocenters. The number of pyridine rings is 1. The monoisotopic (exact) mass is 337 g/mol. The van der Waals surface area contributed by atoms with Gasteiger partial charge in [-0.1, -0.05) is 24.3 Å². The predicted molar refractivity (Wildman–Crippen MR) is 96.4 cm³/mol. The van der Waals surface area contributed by atoms with Crippen LogP contribution in [0.2, 0.25) is 0 Å². The van der Waals surface area contributed by atoms with Gasteiger partial charge in [0, 0.05) is 37.9 Å². The number of amides is 2. The van der Waals surface area contributed by atoms with Gasteiger partial charge < -0.3 is 9.80 Å². The predicted octanol–water partition coefficient (Wildman–Crippen LogP) is 2.76. The van der Waals surface area contributed by atoms with Crippen molar-refractivity contribution in [1.82, 2.24) is 14.8 Å². The van der Waals surface area contributed by atoms with Crippen LogP contribution < -0.4 is 0 Å². The molecule has 1 aliphatic heterocycles. The first-order valence-corrected chi connectivity index (χ1v) is 8.75. The Balaban J connectivity index is 1.79. The van der Waals surface area contributed by atoms with Crippen LogP contribution in [-0.4, -0.2) is 46.2 Å². The fourth-order valence-corrected chi connectivity index (χ4v) is 3.20. The van der Waals surface area contributed by atoms with Crippen LogP contribution in [0.15, 0.2) is 42.6 Å². The molecule has 0 fully saturated rings. The second-order valence-corrected chi connectivity index (χ2v) is 6.15. The van der Waals surface area contributed by atoms with Crippen molar-refractivity contribution in [3.63, 3.8) is 0 Å². The molecule has 25 heavy (non-hydrogen) atoms. The fourth-order valence-electron chi connectivity index (χ4n) is 3.20. The second-order valence-electron chi connectivity index (χ2n) is 6.15. The average molecular weight is 337 g/mol. The summed E-state index contributed by atoms with van der Waals surface area (Å²) in [6.45, 7) is 6.43. The maximum atomic E-state index is 12.8. The lowest BCUT2D eigenvalue weighted by molar-refractivity contribution is 0.0728. The van der Waals surface area contributed by atoms with Gasteiger partial charge in [0.25, 0.3) is 11.8 Å². The summed E-state index contributed by atoms with van der Waals surface area (Å²) in [7, 11) is 0. The molecule has 0 saturated carbocycles. The Hall–Kier alpha value is -2.69. The average Bonchev–Trinajstić information content (AvgIpc) is 2.68. The van der Waals surface area contributed by atoms with Gasteiger partial charge in [-0.25, -0.2) is 0 Å². The number of carbonyl (C=O) groups excluding carboxylic acids is 2. The van der Waals surface area contributed by atoms with E-state index in [2.05, 4.69) is 17.1 Å². The van der Waals surface area contributed by atoms with E-state index in [0.717, 1.165) is 6.42 Å². The summed E-state index contributed by atoms with van der Waals surface area (Å²) >= 11 is 0. The Morgan fingerprint density at radius 1 is 1.12 bits per heavy atom. The fraction of sp³-hybridized carbons (Fsp3) is 0.350. The zero-order chi connectivity index (χ0) is 17.8. The molecule has 2 amide bonds. The summed E-state index contributed by atoms with van der Waals surface area (Å²) in [4.78, 5) is 33.1. The number of carbonyl (C=O) groups is 2. The van der Waals surface area contributed by atoms with Crippen LogP contribution in [-0.2, 0) is 13.0 Å². The van der Waals surface area contributed by atoms with Gasteiger partial charge >= 0.3 is 0 Å². The second kappa shape index (κ2) is 7.47. The van der Waals surface area contributed by atoms with Gasteiger partial charge in [-0.2, -0.15) is 0 Å². The van der Waals surface area contributed by atoms with Gasteiger partial charge in [-0.05, 0) is 43.5 Å². The van der Waals surface area contributed by atoms with Gasteiger partial charge in [0.2, 0.25) is 0 Å². The summed E-state index contributed by atoms with van der Waals surface area (Å²) < 4.78 is 0. The van der Waals surface area contributed by atoms with E-state index in [0.29, 0.717) is 37.4 Å². The minimum absolute atomic E-state index is 0.0644. The minimum Gasteiger partial charge on any atom is -0.339 e. The lowest BCUT2D eigenvalue weighted by atomic mass is 9.99. The first-order chi connectivity index (χ1) is 12.1. The highest BCUT2D eigenvalue weighted by Gasteiger charge is 2.23. The van der Waals surface area contributed by atoms with Crippen molar-refractivity contribution >= 4 is 11.8 Å². The number of hydrogen-bond acceptors (Lipinski definition) is 3. The molecule has 5 heteroatoms. The van der Waals surface area contributed by atoms with E-state index in [1.165, 1.54) is 11.1 Å². The molecule has 2 aromatic rings. The van der Waals surface area contributed by atoms with E-state index >= 15 is 0 Å². The first kappa shape index (κ1) is 17.1. The molecule has 5 nitrogen and oxygen atoms in total. The van der Waals surface area contributed by atoms with E-state index < -0.39 is 0 Å². The maximum absolute atomic E-state index is 12.8. The van der Waals surface area contributed by atoms with Crippen molar-refractivity contribution in [3.8, 4) is 0 Å². The highest BCUT2D eigenvalue weighted by Crippen LogP contribution is 2.20. The Bertz CT molecular complexity index is 784. The van der Waals surface area contributed by atoms with E-state index in [-0.39, 0.29) is 11.8 Å². The lowest BCUT2D eigenvalue weighted by Gasteiger charge is -2.28. The number of hydrogen-bond donors (Lipinski definition) is 0.